The number of hydrogen-bond donors (Lipinski definition) is 1. The molecule has 0 spiro atoms. The quantitative estimate of drug-likeness (QED) is 0.669. The van der Waals surface area contributed by atoms with E-state index in [2.05, 4.69) is 4.72 Å². The van der Waals surface area contributed by atoms with E-state index in [0.717, 1.165) is 31.9 Å². The zero-order chi connectivity index (χ0) is 25.8. The van der Waals surface area contributed by atoms with Crippen molar-refractivity contribution in [3.63, 3.8) is 0 Å². The standard InChI is InChI=1S/C25H39N3O6S/c1-17-14-28(24(29)19-9-7-6-8-10-19)18(2)16-34-22-12-11-20(26-35(5,31)32)13-21(22)25(30)27(3)15-23(17)33-4/h11-13,17-19,23,26H,6-10,14-16H2,1-5H3/t17-,18-,23+/m0/s1. The Balaban J connectivity index is 1.95. The molecule has 0 aromatic heterocycles. The lowest BCUT2D eigenvalue weighted by Gasteiger charge is -2.38. The summed E-state index contributed by atoms with van der Waals surface area (Å²) in [6.45, 7) is 5.05. The van der Waals surface area contributed by atoms with Gasteiger partial charge in [0.15, 0.2) is 0 Å². The van der Waals surface area contributed by atoms with E-state index in [1.165, 1.54) is 12.5 Å². The summed E-state index contributed by atoms with van der Waals surface area (Å²) in [6.07, 6.45) is 5.95. The number of nitrogens with one attached hydrogen (secondary N) is 1. The molecule has 1 saturated carbocycles. The monoisotopic (exact) mass is 509 g/mol. The maximum absolute atomic E-state index is 13.6. The van der Waals surface area contributed by atoms with Crippen LogP contribution in [-0.4, -0.2) is 82.3 Å². The second kappa shape index (κ2) is 11.6. The van der Waals surface area contributed by atoms with Crippen molar-refractivity contribution in [3.8, 4) is 5.75 Å². The van der Waals surface area contributed by atoms with Gasteiger partial charge in [-0.15, -0.1) is 0 Å². The molecule has 3 rings (SSSR count). The molecule has 9 nitrogen and oxygen atoms in total. The van der Waals surface area contributed by atoms with Crippen LogP contribution in [0.15, 0.2) is 18.2 Å². The van der Waals surface area contributed by atoms with Gasteiger partial charge in [0.2, 0.25) is 15.9 Å². The fourth-order valence-corrected chi connectivity index (χ4v) is 5.50. The Morgan fingerprint density at radius 3 is 2.46 bits per heavy atom. The molecule has 1 aliphatic heterocycles. The molecule has 10 heteroatoms. The Hall–Kier alpha value is -2.33. The first-order chi connectivity index (χ1) is 16.5. The molecule has 1 N–H and O–H groups in total. The lowest BCUT2D eigenvalue weighted by atomic mass is 9.87. The van der Waals surface area contributed by atoms with Gasteiger partial charge in [-0.2, -0.15) is 0 Å². The second-order valence-corrected chi connectivity index (χ2v) is 11.8. The molecule has 0 radical (unpaired) electrons. The van der Waals surface area contributed by atoms with Gasteiger partial charge in [0.25, 0.3) is 5.91 Å². The minimum atomic E-state index is -3.51. The highest BCUT2D eigenvalue weighted by molar-refractivity contribution is 7.92. The minimum absolute atomic E-state index is 0.0117. The van der Waals surface area contributed by atoms with Gasteiger partial charge in [0.1, 0.15) is 12.4 Å². The van der Waals surface area contributed by atoms with Crippen LogP contribution >= 0.6 is 0 Å². The largest absolute Gasteiger partial charge is 0.491 e. The topological polar surface area (TPSA) is 105 Å². The lowest BCUT2D eigenvalue weighted by Crippen LogP contribution is -2.50. The number of hydrogen-bond acceptors (Lipinski definition) is 6. The summed E-state index contributed by atoms with van der Waals surface area (Å²) in [4.78, 5) is 30.4. The average Bonchev–Trinajstić information content (AvgIpc) is 2.82. The van der Waals surface area contributed by atoms with E-state index < -0.39 is 10.0 Å². The van der Waals surface area contributed by atoms with Crippen LogP contribution in [0.1, 0.15) is 56.3 Å². The predicted octanol–water partition coefficient (Wildman–Crippen LogP) is 2.97. The van der Waals surface area contributed by atoms with Gasteiger partial charge in [-0.25, -0.2) is 8.42 Å². The highest BCUT2D eigenvalue weighted by atomic mass is 32.2. The van der Waals surface area contributed by atoms with Crippen molar-refractivity contribution in [2.24, 2.45) is 11.8 Å². The van der Waals surface area contributed by atoms with Crippen molar-refractivity contribution in [1.29, 1.82) is 0 Å². The summed E-state index contributed by atoms with van der Waals surface area (Å²) in [5, 5.41) is 0. The van der Waals surface area contributed by atoms with Gasteiger partial charge >= 0.3 is 0 Å². The summed E-state index contributed by atoms with van der Waals surface area (Å²) in [5.41, 5.74) is 0.532. The van der Waals surface area contributed by atoms with Gasteiger partial charge in [0.05, 0.1) is 24.0 Å². The summed E-state index contributed by atoms with van der Waals surface area (Å²) in [5.74, 6) is 0.239. The summed E-state index contributed by atoms with van der Waals surface area (Å²) in [7, 11) is -0.211. The highest BCUT2D eigenvalue weighted by Gasteiger charge is 2.33. The van der Waals surface area contributed by atoms with E-state index in [1.807, 2.05) is 18.7 Å². The number of likely N-dealkylation sites (N-methyl/N-ethyl adjacent to an activating group) is 1. The van der Waals surface area contributed by atoms with Gasteiger partial charge in [-0.1, -0.05) is 26.2 Å². The predicted molar refractivity (Wildman–Crippen MR) is 135 cm³/mol. The molecule has 196 valence electrons. The molecule has 3 atom stereocenters. The van der Waals surface area contributed by atoms with Crippen molar-refractivity contribution in [2.45, 2.75) is 58.1 Å². The summed E-state index contributed by atoms with van der Waals surface area (Å²) in [6, 6.07) is 4.44. The molecule has 35 heavy (non-hydrogen) atoms. The van der Waals surface area contributed by atoms with Crippen LogP contribution < -0.4 is 9.46 Å². The Kier molecular flexibility index (Phi) is 9.04. The van der Waals surface area contributed by atoms with Crippen LogP contribution in [0.5, 0.6) is 5.75 Å². The Morgan fingerprint density at radius 1 is 1.14 bits per heavy atom. The number of ether oxygens (including phenoxy) is 2. The zero-order valence-corrected chi connectivity index (χ0v) is 22.3. The summed E-state index contributed by atoms with van der Waals surface area (Å²) < 4.78 is 37.7. The van der Waals surface area contributed by atoms with E-state index in [1.54, 1.807) is 31.2 Å². The molecule has 2 aliphatic rings. The second-order valence-electron chi connectivity index (χ2n) is 10.0. The molecule has 1 fully saturated rings. The first kappa shape index (κ1) is 27.3. The average molecular weight is 510 g/mol. The number of benzene rings is 1. The van der Waals surface area contributed by atoms with Crippen LogP contribution in [-0.2, 0) is 19.6 Å². The molecule has 0 bridgehead atoms. The smallest absolute Gasteiger partial charge is 0.257 e. The fourth-order valence-electron chi connectivity index (χ4n) is 4.95. The molecule has 1 aliphatic carbocycles. The van der Waals surface area contributed by atoms with E-state index >= 15 is 0 Å². The fraction of sp³-hybridized carbons (Fsp3) is 0.680. The number of carbonyl (C=O) groups is 2. The molecule has 1 aromatic carbocycles. The van der Waals surface area contributed by atoms with Crippen LogP contribution in [0.2, 0.25) is 0 Å². The Bertz CT molecular complexity index is 1010. The van der Waals surface area contributed by atoms with E-state index in [-0.39, 0.29) is 53.7 Å². The number of methoxy groups -OCH3 is 1. The molecule has 2 amide bonds. The van der Waals surface area contributed by atoms with Gasteiger partial charge in [0, 0.05) is 44.8 Å². The third-order valence-electron chi connectivity index (χ3n) is 6.99. The Morgan fingerprint density at radius 2 is 1.83 bits per heavy atom. The number of carbonyl (C=O) groups excluding carboxylic acids is 2. The molecule has 0 saturated heterocycles. The van der Waals surface area contributed by atoms with E-state index in [0.29, 0.717) is 18.8 Å². The van der Waals surface area contributed by atoms with Crippen LogP contribution in [0.25, 0.3) is 0 Å². The van der Waals surface area contributed by atoms with Crippen molar-refractivity contribution < 1.29 is 27.5 Å². The molecule has 1 aromatic rings. The maximum atomic E-state index is 13.6. The normalized spacial score (nSPS) is 25.2. The molecular weight excluding hydrogens is 470 g/mol. The molecule has 0 unspecified atom stereocenters. The van der Waals surface area contributed by atoms with Gasteiger partial charge in [-0.3, -0.25) is 14.3 Å². The number of fused-ring (bicyclic) bond motifs is 1. The summed E-state index contributed by atoms with van der Waals surface area (Å²) >= 11 is 0. The Labute approximate surface area is 209 Å². The maximum Gasteiger partial charge on any atom is 0.257 e. The number of sulfonamides is 1. The van der Waals surface area contributed by atoms with Crippen molar-refractivity contribution in [1.82, 2.24) is 9.80 Å². The SMILES string of the molecule is CO[C@@H]1CN(C)C(=O)c2cc(NS(C)(=O)=O)ccc2OC[C@H](C)N(C(=O)C2CCCCC2)C[C@@H]1C. The third-order valence-corrected chi connectivity index (χ3v) is 7.59. The zero-order valence-electron chi connectivity index (χ0n) is 21.5. The highest BCUT2D eigenvalue weighted by Crippen LogP contribution is 2.29. The molecule has 1 heterocycles. The van der Waals surface area contributed by atoms with Gasteiger partial charge < -0.3 is 19.3 Å². The minimum Gasteiger partial charge on any atom is -0.491 e. The van der Waals surface area contributed by atoms with Crippen molar-refractivity contribution in [2.75, 3.05) is 44.8 Å². The van der Waals surface area contributed by atoms with Gasteiger partial charge in [-0.05, 0) is 38.0 Å². The van der Waals surface area contributed by atoms with E-state index in [4.69, 9.17) is 9.47 Å². The molecular formula is C25H39N3O6S. The first-order valence-corrected chi connectivity index (χ1v) is 14.2. The third kappa shape index (κ3) is 7.10. The van der Waals surface area contributed by atoms with Crippen molar-refractivity contribution in [3.05, 3.63) is 23.8 Å². The van der Waals surface area contributed by atoms with Crippen LogP contribution in [0.3, 0.4) is 0 Å². The lowest BCUT2D eigenvalue weighted by molar-refractivity contribution is -0.141. The first-order valence-electron chi connectivity index (χ1n) is 12.3. The van der Waals surface area contributed by atoms with Crippen LogP contribution in [0.4, 0.5) is 5.69 Å². The van der Waals surface area contributed by atoms with Crippen LogP contribution in [0, 0.1) is 11.8 Å². The van der Waals surface area contributed by atoms with Crippen molar-refractivity contribution >= 4 is 27.5 Å². The number of rotatable bonds is 4. The number of nitrogens with zero attached hydrogens (tertiary/aromatic N) is 2. The number of anilines is 1. The van der Waals surface area contributed by atoms with E-state index in [9.17, 15) is 18.0 Å². The number of amides is 2.